The van der Waals surface area contributed by atoms with Crippen LogP contribution in [0.4, 0.5) is 0 Å². The lowest BCUT2D eigenvalue weighted by atomic mass is 10.2. The van der Waals surface area contributed by atoms with Gasteiger partial charge in [-0.05, 0) is 44.9 Å². The minimum absolute atomic E-state index is 0.626. The third-order valence-corrected chi connectivity index (χ3v) is 2.46. The van der Waals surface area contributed by atoms with E-state index in [0.29, 0.717) is 5.57 Å². The highest BCUT2D eigenvalue weighted by molar-refractivity contribution is 5.67. The van der Waals surface area contributed by atoms with Crippen LogP contribution in [0.25, 0.3) is 17.7 Å². The fraction of sp³-hybridized carbons (Fsp3) is 0.300. The third-order valence-electron chi connectivity index (χ3n) is 2.46. The number of nitrogens with zero attached hydrogens (tertiary/aromatic N) is 2. The van der Waals surface area contributed by atoms with Crippen LogP contribution in [0.2, 0.25) is 0 Å². The molecule has 0 unspecified atom stereocenters. The monoisotopic (exact) mass is 309 g/mol. The Hall–Kier alpha value is -2.78. The molecule has 1 aromatic rings. The molecule has 3 nitrogen and oxygen atoms in total. The van der Waals surface area contributed by atoms with Gasteiger partial charge in [-0.2, -0.15) is 5.26 Å². The topological polar surface area (TPSA) is 52.5 Å². The molecule has 0 spiro atoms. The summed E-state index contributed by atoms with van der Waals surface area (Å²) in [5, 5.41) is 8.79. The molecule has 0 bridgehead atoms. The number of nitrogens with one attached hydrogen (secondary N) is 1. The van der Waals surface area contributed by atoms with Gasteiger partial charge in [-0.3, -0.25) is 0 Å². The van der Waals surface area contributed by atoms with Crippen molar-refractivity contribution in [2.24, 2.45) is 0 Å². The second kappa shape index (κ2) is 14.2. The molecular formula is C20H27N3. The number of hydrogen-bond acceptors (Lipinski definition) is 2. The normalized spacial score (nSPS) is 10.0. The molecule has 1 heterocycles. The third kappa shape index (κ3) is 8.96. The maximum Gasteiger partial charge on any atom is 0.133 e. The zero-order valence-corrected chi connectivity index (χ0v) is 14.9. The molecule has 122 valence electrons. The van der Waals surface area contributed by atoms with Gasteiger partial charge in [0, 0.05) is 5.57 Å². The first-order valence-corrected chi connectivity index (χ1v) is 7.50. The molecule has 0 aliphatic heterocycles. The number of nitriles is 1. The van der Waals surface area contributed by atoms with Gasteiger partial charge in [0.25, 0.3) is 0 Å². The van der Waals surface area contributed by atoms with Crippen molar-refractivity contribution in [1.82, 2.24) is 9.97 Å². The number of imidazole rings is 1. The summed E-state index contributed by atoms with van der Waals surface area (Å²) in [5.41, 5.74) is 3.24. The first-order valence-electron chi connectivity index (χ1n) is 7.50. The number of rotatable bonds is 5. The fourth-order valence-electron chi connectivity index (χ4n) is 1.46. The van der Waals surface area contributed by atoms with Gasteiger partial charge in [-0.15, -0.1) is 18.9 Å². The van der Waals surface area contributed by atoms with E-state index < -0.39 is 0 Å². The average molecular weight is 309 g/mol. The van der Waals surface area contributed by atoms with Gasteiger partial charge in [-0.25, -0.2) is 4.98 Å². The standard InChI is InChI=1S/C15H17N3.C3H4.C2H6/c1-5-7-8-12(4)15-17-13(6-2)14(18-15)9-11(3)10-16;1-3-2;1-2/h5-6,8-9H,1-2,7H2,3-4H3,(H,17,18);1H,2H3;1-2H3/b11-9+,12-8+;;. The first kappa shape index (κ1) is 22.5. The number of aromatic nitrogens is 2. The Morgan fingerprint density at radius 1 is 1.35 bits per heavy atom. The smallest absolute Gasteiger partial charge is 0.133 e. The predicted octanol–water partition coefficient (Wildman–Crippen LogP) is 5.62. The van der Waals surface area contributed by atoms with Gasteiger partial charge in [0.1, 0.15) is 5.82 Å². The predicted molar refractivity (Wildman–Crippen MR) is 102 cm³/mol. The molecule has 1 rings (SSSR count). The number of H-pyrrole nitrogens is 1. The summed E-state index contributed by atoms with van der Waals surface area (Å²) in [6, 6.07) is 2.09. The van der Waals surface area contributed by atoms with E-state index in [0.717, 1.165) is 29.2 Å². The van der Waals surface area contributed by atoms with Gasteiger partial charge in [-0.1, -0.05) is 32.6 Å². The van der Waals surface area contributed by atoms with Gasteiger partial charge >= 0.3 is 0 Å². The number of allylic oxidation sites excluding steroid dienone is 4. The minimum Gasteiger partial charge on any atom is -0.338 e. The van der Waals surface area contributed by atoms with Crippen molar-refractivity contribution in [3.05, 3.63) is 48.1 Å². The molecule has 0 radical (unpaired) electrons. The van der Waals surface area contributed by atoms with Crippen LogP contribution in [-0.2, 0) is 0 Å². The van der Waals surface area contributed by atoms with E-state index in [4.69, 9.17) is 5.26 Å². The largest absolute Gasteiger partial charge is 0.338 e. The van der Waals surface area contributed by atoms with Gasteiger partial charge in [0.15, 0.2) is 0 Å². The highest BCUT2D eigenvalue weighted by Crippen LogP contribution is 2.17. The number of terminal acetylenes is 1. The van der Waals surface area contributed by atoms with E-state index >= 15 is 0 Å². The Morgan fingerprint density at radius 2 is 1.91 bits per heavy atom. The van der Waals surface area contributed by atoms with E-state index in [1.165, 1.54) is 0 Å². The lowest BCUT2D eigenvalue weighted by Crippen LogP contribution is -1.83. The fourth-order valence-corrected chi connectivity index (χ4v) is 1.46. The Morgan fingerprint density at radius 3 is 2.35 bits per heavy atom. The van der Waals surface area contributed by atoms with Gasteiger partial charge in [0.2, 0.25) is 0 Å². The van der Waals surface area contributed by atoms with Crippen LogP contribution in [0.1, 0.15) is 58.3 Å². The van der Waals surface area contributed by atoms with E-state index in [-0.39, 0.29) is 0 Å². The molecule has 23 heavy (non-hydrogen) atoms. The van der Waals surface area contributed by atoms with Crippen molar-refractivity contribution in [3.63, 3.8) is 0 Å². The summed E-state index contributed by atoms with van der Waals surface area (Å²) in [4.78, 5) is 7.63. The van der Waals surface area contributed by atoms with E-state index in [1.807, 2.05) is 32.9 Å². The summed E-state index contributed by atoms with van der Waals surface area (Å²) >= 11 is 0. The van der Waals surface area contributed by atoms with Crippen LogP contribution in [0, 0.1) is 23.7 Å². The Kier molecular flexibility index (Phi) is 13.9. The molecule has 1 N–H and O–H groups in total. The summed E-state index contributed by atoms with van der Waals surface area (Å²) in [6.45, 7) is 16.8. The van der Waals surface area contributed by atoms with Crippen molar-refractivity contribution in [2.75, 3.05) is 0 Å². The molecule has 1 aromatic heterocycles. The van der Waals surface area contributed by atoms with E-state index in [2.05, 4.69) is 41.5 Å². The molecule has 0 aliphatic rings. The number of hydrogen-bond donors (Lipinski definition) is 1. The first-order chi connectivity index (χ1) is 11.0. The summed E-state index contributed by atoms with van der Waals surface area (Å²) in [5.74, 6) is 3.05. The molecule has 3 heteroatoms. The molecule has 0 saturated carbocycles. The van der Waals surface area contributed by atoms with Crippen LogP contribution >= 0.6 is 0 Å². The molecule has 0 saturated heterocycles. The molecule has 0 fully saturated rings. The van der Waals surface area contributed by atoms with Crippen molar-refractivity contribution >= 4 is 17.7 Å². The second-order valence-corrected chi connectivity index (χ2v) is 4.23. The second-order valence-electron chi connectivity index (χ2n) is 4.23. The lowest BCUT2D eigenvalue weighted by Gasteiger charge is -1.94. The van der Waals surface area contributed by atoms with Crippen LogP contribution in [0.15, 0.2) is 30.9 Å². The van der Waals surface area contributed by atoms with Crippen LogP contribution in [0.5, 0.6) is 0 Å². The lowest BCUT2D eigenvalue weighted by molar-refractivity contribution is 1.21. The molecule has 0 amide bonds. The number of aromatic amines is 1. The Bertz CT molecular complexity index is 629. The van der Waals surface area contributed by atoms with Crippen LogP contribution in [0.3, 0.4) is 0 Å². The maximum absolute atomic E-state index is 8.79. The van der Waals surface area contributed by atoms with Crippen molar-refractivity contribution in [2.45, 2.75) is 41.0 Å². The van der Waals surface area contributed by atoms with Crippen molar-refractivity contribution in [1.29, 1.82) is 5.26 Å². The molecule has 0 atom stereocenters. The summed E-state index contributed by atoms with van der Waals surface area (Å²) in [7, 11) is 0. The highest BCUT2D eigenvalue weighted by Gasteiger charge is 2.07. The Labute approximate surface area is 141 Å². The minimum atomic E-state index is 0.626. The quantitative estimate of drug-likeness (QED) is 0.435. The molecule has 0 aromatic carbocycles. The van der Waals surface area contributed by atoms with Crippen LogP contribution in [-0.4, -0.2) is 9.97 Å². The van der Waals surface area contributed by atoms with E-state index in [9.17, 15) is 0 Å². The molecular weight excluding hydrogens is 282 g/mol. The van der Waals surface area contributed by atoms with Gasteiger partial charge in [0.05, 0.1) is 17.5 Å². The van der Waals surface area contributed by atoms with Crippen LogP contribution < -0.4 is 0 Å². The van der Waals surface area contributed by atoms with Gasteiger partial charge < -0.3 is 4.98 Å². The SMILES string of the molecule is C#CC.C=CC/C=C(\C)c1nc(C=C)c(/C=C(\C)C#N)[nH]1.CC. The highest BCUT2D eigenvalue weighted by atomic mass is 14.9. The van der Waals surface area contributed by atoms with Crippen molar-refractivity contribution in [3.8, 4) is 18.4 Å². The van der Waals surface area contributed by atoms with E-state index in [1.54, 1.807) is 26.0 Å². The maximum atomic E-state index is 8.79. The Balaban J connectivity index is 0. The summed E-state index contributed by atoms with van der Waals surface area (Å²) < 4.78 is 0. The van der Waals surface area contributed by atoms with Crippen molar-refractivity contribution < 1.29 is 0 Å². The zero-order chi connectivity index (χ0) is 18.3. The summed E-state index contributed by atoms with van der Waals surface area (Å²) in [6.07, 6.45) is 12.7. The zero-order valence-electron chi connectivity index (χ0n) is 14.9. The molecule has 0 aliphatic carbocycles. The average Bonchev–Trinajstić information content (AvgIpc) is 2.98.